The standard InChI is InChI=1S/C32H33NO/c1-24-8-6-13-32(25(24)2)29-16-14-27(15-17-29)28-18-20-33(21-19-28)23-26-9-7-12-31(22-26)34-30-10-4-3-5-11-30/h3-17,22,28H,18-21,23H2,1-2H3. The molecule has 0 aliphatic carbocycles. The molecular formula is C32H33NO. The maximum atomic E-state index is 6.02. The van der Waals surface area contributed by atoms with Gasteiger partial charge in [-0.3, -0.25) is 4.90 Å². The van der Waals surface area contributed by atoms with Gasteiger partial charge in [0, 0.05) is 6.54 Å². The van der Waals surface area contributed by atoms with Gasteiger partial charge in [-0.25, -0.2) is 0 Å². The highest BCUT2D eigenvalue weighted by Crippen LogP contribution is 2.32. The molecule has 5 rings (SSSR count). The van der Waals surface area contributed by atoms with E-state index in [2.05, 4.69) is 79.4 Å². The van der Waals surface area contributed by atoms with Crippen LogP contribution >= 0.6 is 0 Å². The number of hydrogen-bond acceptors (Lipinski definition) is 2. The molecule has 0 aromatic heterocycles. The van der Waals surface area contributed by atoms with Crippen molar-refractivity contribution < 1.29 is 4.74 Å². The van der Waals surface area contributed by atoms with E-state index in [0.717, 1.165) is 31.1 Å². The summed E-state index contributed by atoms with van der Waals surface area (Å²) in [6.45, 7) is 7.65. The van der Waals surface area contributed by atoms with Crippen LogP contribution in [0.3, 0.4) is 0 Å². The molecule has 0 radical (unpaired) electrons. The van der Waals surface area contributed by atoms with Gasteiger partial charge in [-0.15, -0.1) is 0 Å². The number of ether oxygens (including phenoxy) is 1. The first kappa shape index (κ1) is 22.4. The van der Waals surface area contributed by atoms with Crippen molar-refractivity contribution in [2.75, 3.05) is 13.1 Å². The van der Waals surface area contributed by atoms with E-state index in [4.69, 9.17) is 4.74 Å². The largest absolute Gasteiger partial charge is 0.457 e. The van der Waals surface area contributed by atoms with Crippen LogP contribution in [0.5, 0.6) is 11.5 Å². The van der Waals surface area contributed by atoms with Gasteiger partial charge in [0.25, 0.3) is 0 Å². The minimum atomic E-state index is 0.650. The number of nitrogens with zero attached hydrogens (tertiary/aromatic N) is 1. The summed E-state index contributed by atoms with van der Waals surface area (Å²) in [7, 11) is 0. The Labute approximate surface area is 203 Å². The maximum absolute atomic E-state index is 6.02. The van der Waals surface area contributed by atoms with Gasteiger partial charge in [0.1, 0.15) is 11.5 Å². The summed E-state index contributed by atoms with van der Waals surface area (Å²) in [6, 6.07) is 34.4. The van der Waals surface area contributed by atoms with Crippen LogP contribution in [0.15, 0.2) is 97.1 Å². The number of hydrogen-bond donors (Lipinski definition) is 0. The molecule has 0 atom stereocenters. The second-order valence-corrected chi connectivity index (χ2v) is 9.48. The second-order valence-electron chi connectivity index (χ2n) is 9.48. The van der Waals surface area contributed by atoms with Gasteiger partial charge < -0.3 is 4.74 Å². The van der Waals surface area contributed by atoms with Crippen molar-refractivity contribution in [1.29, 1.82) is 0 Å². The lowest BCUT2D eigenvalue weighted by Gasteiger charge is -2.32. The quantitative estimate of drug-likeness (QED) is 0.296. The highest BCUT2D eigenvalue weighted by atomic mass is 16.5. The molecule has 1 heterocycles. The van der Waals surface area contributed by atoms with Crippen LogP contribution in [-0.4, -0.2) is 18.0 Å². The van der Waals surface area contributed by atoms with Gasteiger partial charge >= 0.3 is 0 Å². The van der Waals surface area contributed by atoms with E-state index in [9.17, 15) is 0 Å². The predicted octanol–water partition coefficient (Wildman–Crippen LogP) is 8.14. The van der Waals surface area contributed by atoms with E-state index >= 15 is 0 Å². The van der Waals surface area contributed by atoms with Crippen LogP contribution in [0.25, 0.3) is 11.1 Å². The smallest absolute Gasteiger partial charge is 0.127 e. The molecule has 0 spiro atoms. The number of aryl methyl sites for hydroxylation is 1. The molecule has 0 unspecified atom stereocenters. The minimum absolute atomic E-state index is 0.650. The normalized spacial score (nSPS) is 14.8. The number of likely N-dealkylation sites (tertiary alicyclic amines) is 1. The molecule has 34 heavy (non-hydrogen) atoms. The fourth-order valence-electron chi connectivity index (χ4n) is 5.01. The van der Waals surface area contributed by atoms with Crippen LogP contribution in [0.1, 0.15) is 41.0 Å². The van der Waals surface area contributed by atoms with Gasteiger partial charge in [0.2, 0.25) is 0 Å². The first-order valence-electron chi connectivity index (χ1n) is 12.4. The second kappa shape index (κ2) is 10.3. The minimum Gasteiger partial charge on any atom is -0.457 e. The highest BCUT2D eigenvalue weighted by molar-refractivity contribution is 5.68. The average molecular weight is 448 g/mol. The van der Waals surface area contributed by atoms with Gasteiger partial charge in [0.05, 0.1) is 0 Å². The molecule has 4 aromatic carbocycles. The summed E-state index contributed by atoms with van der Waals surface area (Å²) in [5.74, 6) is 2.43. The Morgan fingerprint density at radius 2 is 1.44 bits per heavy atom. The summed E-state index contributed by atoms with van der Waals surface area (Å²) in [6.07, 6.45) is 2.42. The summed E-state index contributed by atoms with van der Waals surface area (Å²) < 4.78 is 6.02. The van der Waals surface area contributed by atoms with Crippen molar-refractivity contribution in [2.45, 2.75) is 39.2 Å². The molecule has 0 bridgehead atoms. The Bertz CT molecular complexity index is 1220. The van der Waals surface area contributed by atoms with E-state index in [1.807, 2.05) is 36.4 Å². The van der Waals surface area contributed by atoms with Crippen molar-refractivity contribution in [1.82, 2.24) is 4.90 Å². The number of piperidine rings is 1. The fraction of sp³-hybridized carbons (Fsp3) is 0.250. The van der Waals surface area contributed by atoms with Crippen molar-refractivity contribution >= 4 is 0 Å². The Hall–Kier alpha value is -3.36. The van der Waals surface area contributed by atoms with Crippen LogP contribution in [0, 0.1) is 13.8 Å². The summed E-state index contributed by atoms with van der Waals surface area (Å²) in [5.41, 5.74) is 8.18. The maximum Gasteiger partial charge on any atom is 0.127 e. The topological polar surface area (TPSA) is 12.5 Å². The van der Waals surface area contributed by atoms with Gasteiger partial charge in [-0.2, -0.15) is 0 Å². The van der Waals surface area contributed by atoms with Crippen LogP contribution < -0.4 is 4.74 Å². The van der Waals surface area contributed by atoms with E-state index in [0.29, 0.717) is 5.92 Å². The fourth-order valence-corrected chi connectivity index (χ4v) is 5.01. The first-order chi connectivity index (χ1) is 16.7. The SMILES string of the molecule is Cc1cccc(-c2ccc(C3CCN(Cc4cccc(Oc5ccccc5)c4)CC3)cc2)c1C. The molecule has 1 aliphatic heterocycles. The van der Waals surface area contributed by atoms with Crippen LogP contribution in [0.2, 0.25) is 0 Å². The van der Waals surface area contributed by atoms with Crippen molar-refractivity contribution in [3.63, 3.8) is 0 Å². The lowest BCUT2D eigenvalue weighted by Crippen LogP contribution is -2.32. The van der Waals surface area contributed by atoms with E-state index in [1.54, 1.807) is 0 Å². The van der Waals surface area contributed by atoms with Crippen LogP contribution in [-0.2, 0) is 6.54 Å². The lowest BCUT2D eigenvalue weighted by molar-refractivity contribution is 0.204. The summed E-state index contributed by atoms with van der Waals surface area (Å²) in [4.78, 5) is 2.57. The van der Waals surface area contributed by atoms with Crippen molar-refractivity contribution in [2.24, 2.45) is 0 Å². The number of para-hydroxylation sites is 1. The third kappa shape index (κ3) is 5.24. The van der Waals surface area contributed by atoms with Gasteiger partial charge in [0.15, 0.2) is 0 Å². The predicted molar refractivity (Wildman–Crippen MR) is 142 cm³/mol. The molecule has 4 aromatic rings. The van der Waals surface area contributed by atoms with E-state index in [1.165, 1.54) is 46.2 Å². The summed E-state index contributed by atoms with van der Waals surface area (Å²) >= 11 is 0. The third-order valence-electron chi connectivity index (χ3n) is 7.17. The number of benzene rings is 4. The van der Waals surface area contributed by atoms with E-state index in [-0.39, 0.29) is 0 Å². The highest BCUT2D eigenvalue weighted by Gasteiger charge is 2.21. The molecule has 0 saturated carbocycles. The lowest BCUT2D eigenvalue weighted by atomic mass is 9.88. The third-order valence-corrected chi connectivity index (χ3v) is 7.17. The zero-order valence-corrected chi connectivity index (χ0v) is 20.2. The number of rotatable bonds is 6. The molecule has 0 N–H and O–H groups in total. The molecule has 1 saturated heterocycles. The first-order valence-corrected chi connectivity index (χ1v) is 12.4. The van der Waals surface area contributed by atoms with E-state index < -0.39 is 0 Å². The van der Waals surface area contributed by atoms with Gasteiger partial charge in [-0.1, -0.05) is 72.8 Å². The monoisotopic (exact) mass is 447 g/mol. The van der Waals surface area contributed by atoms with Crippen molar-refractivity contribution in [3.8, 4) is 22.6 Å². The molecular weight excluding hydrogens is 414 g/mol. The van der Waals surface area contributed by atoms with Gasteiger partial charge in [-0.05, 0) is 103 Å². The molecule has 172 valence electrons. The average Bonchev–Trinajstić information content (AvgIpc) is 2.87. The molecule has 2 nitrogen and oxygen atoms in total. The van der Waals surface area contributed by atoms with Crippen LogP contribution in [0.4, 0.5) is 0 Å². The van der Waals surface area contributed by atoms with Crippen molar-refractivity contribution in [3.05, 3.63) is 119 Å². The molecule has 1 aliphatic rings. The Kier molecular flexibility index (Phi) is 6.78. The molecule has 0 amide bonds. The molecule has 1 fully saturated rings. The summed E-state index contributed by atoms with van der Waals surface area (Å²) in [5, 5.41) is 0. The Balaban J connectivity index is 1.18. The Morgan fingerprint density at radius 3 is 2.21 bits per heavy atom. The molecule has 2 heteroatoms. The zero-order chi connectivity index (χ0) is 23.3. The zero-order valence-electron chi connectivity index (χ0n) is 20.2. The Morgan fingerprint density at radius 1 is 0.735 bits per heavy atom.